The van der Waals surface area contributed by atoms with Crippen LogP contribution < -0.4 is 3.58 Å². The van der Waals surface area contributed by atoms with Gasteiger partial charge in [0.05, 0.1) is 0 Å². The summed E-state index contributed by atoms with van der Waals surface area (Å²) in [6, 6.07) is 7.22. The second kappa shape index (κ2) is 2.39. The normalized spacial score (nSPS) is 9.12. The van der Waals surface area contributed by atoms with Crippen molar-refractivity contribution in [2.24, 2.45) is 0 Å². The number of hydrogen-bond acceptors (Lipinski definition) is 1. The minimum absolute atomic E-state index is 0.344. The Morgan fingerprint density at radius 1 is 1.12 bits per heavy atom. The first-order chi connectivity index (χ1) is 3.79. The maximum atomic E-state index is 8.77. The van der Waals surface area contributed by atoms with E-state index >= 15 is 0 Å². The number of hydrogen-bond donors (Lipinski definition) is 1. The summed E-state index contributed by atoms with van der Waals surface area (Å²) < 4.78 is 1.26. The van der Waals surface area contributed by atoms with Crippen LogP contribution in [0, 0.1) is 0 Å². The van der Waals surface area contributed by atoms with Crippen molar-refractivity contribution in [2.75, 3.05) is 0 Å². The number of aromatic hydroxyl groups is 1. The molecule has 0 aliphatic heterocycles. The Labute approximate surface area is 61.4 Å². The van der Waals surface area contributed by atoms with Crippen LogP contribution in [0.3, 0.4) is 0 Å². The van der Waals surface area contributed by atoms with Crippen molar-refractivity contribution in [3.8, 4) is 5.75 Å². The van der Waals surface area contributed by atoms with Gasteiger partial charge in [-0.3, -0.25) is 0 Å². The summed E-state index contributed by atoms with van der Waals surface area (Å²) in [4.78, 5) is 0. The molecule has 1 rings (SSSR count). The molecule has 0 fully saturated rings. The molecule has 2 heteroatoms. The second-order valence-corrected chi connectivity index (χ2v) is 3.19. The van der Waals surface area contributed by atoms with Gasteiger partial charge < -0.3 is 0 Å². The Hall–Kier alpha value is -0.181. The molecule has 0 saturated heterocycles. The number of benzene rings is 1. The summed E-state index contributed by atoms with van der Waals surface area (Å²) in [6.07, 6.45) is 0. The van der Waals surface area contributed by atoms with E-state index in [0.29, 0.717) is 5.75 Å². The summed E-state index contributed by atoms with van der Waals surface area (Å²) in [5, 5.41) is 8.77. The zero-order chi connectivity index (χ0) is 5.98. The van der Waals surface area contributed by atoms with Gasteiger partial charge in [-0.2, -0.15) is 0 Å². The molecular formula is C6H5OSn. The van der Waals surface area contributed by atoms with Crippen LogP contribution in [-0.4, -0.2) is 27.6 Å². The molecule has 0 amide bonds. The van der Waals surface area contributed by atoms with Crippen LogP contribution in [0.15, 0.2) is 24.3 Å². The quantitative estimate of drug-likeness (QED) is 0.608. The van der Waals surface area contributed by atoms with Gasteiger partial charge in [0.15, 0.2) is 0 Å². The molecule has 1 aromatic rings. The summed E-state index contributed by atoms with van der Waals surface area (Å²) in [5.41, 5.74) is 0. The topological polar surface area (TPSA) is 20.2 Å². The van der Waals surface area contributed by atoms with E-state index in [1.54, 1.807) is 12.1 Å². The molecule has 0 spiro atoms. The van der Waals surface area contributed by atoms with E-state index in [1.165, 1.54) is 26.1 Å². The van der Waals surface area contributed by atoms with Gasteiger partial charge in [0.2, 0.25) is 0 Å². The van der Waals surface area contributed by atoms with E-state index < -0.39 is 0 Å². The monoisotopic (exact) mass is 213 g/mol. The van der Waals surface area contributed by atoms with Crippen LogP contribution >= 0.6 is 0 Å². The number of phenolic OH excluding ortho intramolecular Hbond substituents is 1. The summed E-state index contributed by atoms with van der Waals surface area (Å²) in [6.45, 7) is 0. The van der Waals surface area contributed by atoms with Crippen LogP contribution in [-0.2, 0) is 0 Å². The molecule has 1 nitrogen and oxygen atoms in total. The molecule has 0 atom stereocenters. The maximum absolute atomic E-state index is 8.77. The Morgan fingerprint density at radius 2 is 1.62 bits per heavy atom. The fourth-order valence-electron chi connectivity index (χ4n) is 0.461. The molecule has 0 saturated carbocycles. The van der Waals surface area contributed by atoms with Gasteiger partial charge in [-0.05, 0) is 0 Å². The van der Waals surface area contributed by atoms with Gasteiger partial charge in [-0.1, -0.05) is 0 Å². The van der Waals surface area contributed by atoms with Crippen LogP contribution in [0.4, 0.5) is 0 Å². The van der Waals surface area contributed by atoms with Gasteiger partial charge in [0.1, 0.15) is 0 Å². The van der Waals surface area contributed by atoms with E-state index in [1.807, 2.05) is 12.1 Å². The standard InChI is InChI=1S/C6H5O.Sn/c7-6-4-2-1-3-5-6;/h2-5,7H;. The number of rotatable bonds is 0. The second-order valence-electron chi connectivity index (χ2n) is 1.55. The predicted molar refractivity (Wildman–Crippen MR) is 33.5 cm³/mol. The van der Waals surface area contributed by atoms with Crippen molar-refractivity contribution < 1.29 is 5.11 Å². The molecule has 3 radical (unpaired) electrons. The van der Waals surface area contributed by atoms with E-state index in [0.717, 1.165) is 0 Å². The molecule has 39 valence electrons. The van der Waals surface area contributed by atoms with Crippen molar-refractivity contribution in [1.82, 2.24) is 0 Å². The molecule has 0 heterocycles. The molecule has 1 N–H and O–H groups in total. The summed E-state index contributed by atoms with van der Waals surface area (Å²) in [5.74, 6) is 0.344. The fraction of sp³-hybridized carbons (Fsp3) is 0. The first-order valence-corrected chi connectivity index (χ1v) is 3.72. The Morgan fingerprint density at radius 3 is 2.00 bits per heavy atom. The van der Waals surface area contributed by atoms with E-state index in [-0.39, 0.29) is 0 Å². The summed E-state index contributed by atoms with van der Waals surface area (Å²) >= 11 is 1.39. The van der Waals surface area contributed by atoms with Crippen LogP contribution in [0.25, 0.3) is 0 Å². The van der Waals surface area contributed by atoms with Crippen molar-refractivity contribution in [3.05, 3.63) is 24.3 Å². The Balaban J connectivity index is 3.03. The zero-order valence-corrected chi connectivity index (χ0v) is 7.11. The van der Waals surface area contributed by atoms with Crippen molar-refractivity contribution in [2.45, 2.75) is 0 Å². The first-order valence-electron chi connectivity index (χ1n) is 2.29. The Kier molecular flexibility index (Phi) is 1.78. The molecule has 0 unspecified atom stereocenters. The fourth-order valence-corrected chi connectivity index (χ4v) is 0.937. The van der Waals surface area contributed by atoms with Crippen LogP contribution in [0.1, 0.15) is 0 Å². The van der Waals surface area contributed by atoms with E-state index in [2.05, 4.69) is 0 Å². The van der Waals surface area contributed by atoms with E-state index in [4.69, 9.17) is 5.11 Å². The van der Waals surface area contributed by atoms with Gasteiger partial charge in [-0.15, -0.1) is 0 Å². The third-order valence-corrected chi connectivity index (χ3v) is 1.82. The molecule has 0 bridgehead atoms. The summed E-state index contributed by atoms with van der Waals surface area (Å²) in [7, 11) is 0. The third-order valence-electron chi connectivity index (χ3n) is 0.867. The average molecular weight is 212 g/mol. The van der Waals surface area contributed by atoms with E-state index in [9.17, 15) is 0 Å². The van der Waals surface area contributed by atoms with Gasteiger partial charge in [0, 0.05) is 0 Å². The third kappa shape index (κ3) is 1.40. The van der Waals surface area contributed by atoms with Gasteiger partial charge >= 0.3 is 61.2 Å². The van der Waals surface area contributed by atoms with Crippen LogP contribution in [0.5, 0.6) is 5.75 Å². The van der Waals surface area contributed by atoms with Gasteiger partial charge in [-0.25, -0.2) is 0 Å². The molecule has 0 aliphatic rings. The molecule has 8 heavy (non-hydrogen) atoms. The van der Waals surface area contributed by atoms with Crippen molar-refractivity contribution in [1.29, 1.82) is 0 Å². The first kappa shape index (κ1) is 5.95. The molecule has 0 aliphatic carbocycles. The predicted octanol–water partition coefficient (Wildman–Crippen LogP) is 0.186. The van der Waals surface area contributed by atoms with Crippen LogP contribution in [0.2, 0.25) is 0 Å². The number of phenols is 1. The molecule has 1 aromatic carbocycles. The van der Waals surface area contributed by atoms with Crippen molar-refractivity contribution in [3.63, 3.8) is 0 Å². The SMILES string of the molecule is Oc1cc[c]([Sn])cc1. The minimum atomic E-state index is 0.344. The zero-order valence-electron chi connectivity index (χ0n) is 4.26. The molecular weight excluding hydrogens is 207 g/mol. The van der Waals surface area contributed by atoms with Crippen molar-refractivity contribution >= 4 is 26.1 Å². The average Bonchev–Trinajstić information content (AvgIpc) is 1.77. The van der Waals surface area contributed by atoms with Gasteiger partial charge in [0.25, 0.3) is 0 Å². The molecule has 0 aromatic heterocycles. The Bertz CT molecular complexity index is 147.